The van der Waals surface area contributed by atoms with Gasteiger partial charge in [0.15, 0.2) is 0 Å². The Labute approximate surface area is 116 Å². The van der Waals surface area contributed by atoms with Crippen molar-refractivity contribution < 1.29 is 4.74 Å². The summed E-state index contributed by atoms with van der Waals surface area (Å²) in [4.78, 5) is 4.03. The van der Waals surface area contributed by atoms with Crippen LogP contribution in [0.3, 0.4) is 0 Å². The van der Waals surface area contributed by atoms with Crippen molar-refractivity contribution >= 4 is 12.0 Å². The topological polar surface area (TPSA) is 33.6 Å². The van der Waals surface area contributed by atoms with Crippen molar-refractivity contribution in [3.63, 3.8) is 0 Å². The summed E-state index contributed by atoms with van der Waals surface area (Å²) in [5, 5.41) is 2.95. The van der Waals surface area contributed by atoms with Crippen molar-refractivity contribution in [3.8, 4) is 5.75 Å². The lowest BCUT2D eigenvalue weighted by Gasteiger charge is -2.04. The van der Waals surface area contributed by atoms with Gasteiger partial charge in [0.1, 0.15) is 5.75 Å². The first-order valence-electron chi connectivity index (χ1n) is 6.51. The molecule has 0 atom stereocenters. The molecule has 0 saturated heterocycles. The minimum absolute atomic E-state index is 0.603. The molecule has 0 aromatic heterocycles. The van der Waals surface area contributed by atoms with E-state index in [9.17, 15) is 0 Å². The lowest BCUT2D eigenvalue weighted by molar-refractivity contribution is 0.554. The molecule has 1 aromatic rings. The molecule has 3 nitrogen and oxygen atoms in total. The third kappa shape index (κ3) is 7.09. The first-order valence-corrected chi connectivity index (χ1v) is 6.51. The number of allylic oxidation sites excluding steroid dienone is 1. The Bertz CT molecular complexity index is 417. The number of nitrogens with one attached hydrogen (secondary N) is 1. The minimum atomic E-state index is 0.603. The summed E-state index contributed by atoms with van der Waals surface area (Å²) in [6.07, 6.45) is 7.60. The molecule has 0 spiro atoms. The van der Waals surface area contributed by atoms with E-state index in [-0.39, 0.29) is 0 Å². The maximum Gasteiger partial charge on any atom is 0.214 e. The monoisotopic (exact) mass is 260 g/mol. The maximum absolute atomic E-state index is 5.59. The predicted octanol–water partition coefficient (Wildman–Crippen LogP) is 3.89. The SMILES string of the molecule is C/C=C\C(=NC)Oc1ccc(/C=C/NC)cc1.CC. The zero-order valence-corrected chi connectivity index (χ0v) is 12.5. The van der Waals surface area contributed by atoms with Gasteiger partial charge in [0.2, 0.25) is 5.90 Å². The van der Waals surface area contributed by atoms with Crippen LogP contribution in [0.5, 0.6) is 5.75 Å². The molecule has 0 amide bonds. The van der Waals surface area contributed by atoms with E-state index in [1.54, 1.807) is 7.05 Å². The molecule has 0 fully saturated rings. The summed E-state index contributed by atoms with van der Waals surface area (Å²) < 4.78 is 5.59. The van der Waals surface area contributed by atoms with Crippen LogP contribution >= 0.6 is 0 Å². The van der Waals surface area contributed by atoms with Crippen LogP contribution in [0.1, 0.15) is 26.3 Å². The van der Waals surface area contributed by atoms with E-state index < -0.39 is 0 Å². The Morgan fingerprint density at radius 1 is 1.21 bits per heavy atom. The molecule has 1 rings (SSSR count). The Kier molecular flexibility index (Phi) is 9.90. The fourth-order valence-corrected chi connectivity index (χ4v) is 1.24. The van der Waals surface area contributed by atoms with Gasteiger partial charge in [-0.1, -0.05) is 32.1 Å². The predicted molar refractivity (Wildman–Crippen MR) is 84.7 cm³/mol. The lowest BCUT2D eigenvalue weighted by atomic mass is 10.2. The molecular formula is C16H24N2O. The number of benzene rings is 1. The number of hydrogen-bond acceptors (Lipinski definition) is 3. The molecule has 0 bridgehead atoms. The second-order valence-electron chi connectivity index (χ2n) is 3.35. The van der Waals surface area contributed by atoms with Crippen molar-refractivity contribution in [2.24, 2.45) is 4.99 Å². The van der Waals surface area contributed by atoms with E-state index in [2.05, 4.69) is 10.3 Å². The van der Waals surface area contributed by atoms with Gasteiger partial charge in [0.25, 0.3) is 0 Å². The summed E-state index contributed by atoms with van der Waals surface area (Å²) in [6, 6.07) is 7.83. The smallest absolute Gasteiger partial charge is 0.214 e. The number of aliphatic imine (C=N–C) groups is 1. The number of nitrogens with zero attached hydrogens (tertiary/aromatic N) is 1. The first kappa shape index (κ1) is 17.0. The molecule has 0 radical (unpaired) electrons. The highest BCUT2D eigenvalue weighted by atomic mass is 16.5. The summed E-state index contributed by atoms with van der Waals surface area (Å²) >= 11 is 0. The van der Waals surface area contributed by atoms with Crippen LogP contribution in [-0.2, 0) is 0 Å². The molecule has 0 unspecified atom stereocenters. The second-order valence-corrected chi connectivity index (χ2v) is 3.35. The molecule has 0 aliphatic carbocycles. The average Bonchev–Trinajstić information content (AvgIpc) is 2.48. The summed E-state index contributed by atoms with van der Waals surface area (Å²) in [7, 11) is 3.58. The van der Waals surface area contributed by atoms with Gasteiger partial charge >= 0.3 is 0 Å². The zero-order chi connectivity index (χ0) is 14.5. The Morgan fingerprint density at radius 2 is 1.84 bits per heavy atom. The van der Waals surface area contributed by atoms with Gasteiger partial charge in [0.05, 0.1) is 0 Å². The molecule has 1 aromatic carbocycles. The number of rotatable bonds is 4. The number of hydrogen-bond donors (Lipinski definition) is 1. The van der Waals surface area contributed by atoms with Gasteiger partial charge in [-0.25, -0.2) is 0 Å². The van der Waals surface area contributed by atoms with Gasteiger partial charge < -0.3 is 10.1 Å². The molecule has 104 valence electrons. The molecule has 3 heteroatoms. The molecule has 1 N–H and O–H groups in total. The van der Waals surface area contributed by atoms with Gasteiger partial charge in [-0.15, -0.1) is 0 Å². The average molecular weight is 260 g/mol. The van der Waals surface area contributed by atoms with Crippen LogP contribution in [0.4, 0.5) is 0 Å². The Balaban J connectivity index is 0.00000154. The fourth-order valence-electron chi connectivity index (χ4n) is 1.24. The van der Waals surface area contributed by atoms with Gasteiger partial charge in [-0.3, -0.25) is 4.99 Å². The molecule has 19 heavy (non-hydrogen) atoms. The van der Waals surface area contributed by atoms with Crippen molar-refractivity contribution in [2.75, 3.05) is 14.1 Å². The molecule has 0 aliphatic heterocycles. The third-order valence-electron chi connectivity index (χ3n) is 2.07. The molecular weight excluding hydrogens is 236 g/mol. The highest BCUT2D eigenvalue weighted by Gasteiger charge is 1.97. The normalized spacial score (nSPS) is 11.3. The maximum atomic E-state index is 5.59. The van der Waals surface area contributed by atoms with E-state index in [0.717, 1.165) is 11.3 Å². The van der Waals surface area contributed by atoms with Gasteiger partial charge in [0, 0.05) is 14.1 Å². The largest absolute Gasteiger partial charge is 0.439 e. The van der Waals surface area contributed by atoms with Crippen LogP contribution in [0, 0.1) is 0 Å². The zero-order valence-electron chi connectivity index (χ0n) is 12.5. The van der Waals surface area contributed by atoms with Crippen LogP contribution in [0.25, 0.3) is 6.08 Å². The molecule has 0 saturated carbocycles. The fraction of sp³-hybridized carbons (Fsp3) is 0.312. The van der Waals surface area contributed by atoms with E-state index >= 15 is 0 Å². The molecule has 0 heterocycles. The van der Waals surface area contributed by atoms with Gasteiger partial charge in [-0.05, 0) is 43.0 Å². The van der Waals surface area contributed by atoms with Crippen molar-refractivity contribution in [3.05, 3.63) is 48.2 Å². The summed E-state index contributed by atoms with van der Waals surface area (Å²) in [6.45, 7) is 5.93. The van der Waals surface area contributed by atoms with E-state index in [0.29, 0.717) is 5.90 Å². The third-order valence-corrected chi connectivity index (χ3v) is 2.07. The quantitative estimate of drug-likeness (QED) is 0.658. The van der Waals surface area contributed by atoms with Crippen molar-refractivity contribution in [1.82, 2.24) is 5.32 Å². The highest BCUT2D eigenvalue weighted by Crippen LogP contribution is 2.13. The summed E-state index contributed by atoms with van der Waals surface area (Å²) in [5.74, 6) is 1.39. The van der Waals surface area contributed by atoms with E-state index in [4.69, 9.17) is 4.74 Å². The Morgan fingerprint density at radius 3 is 2.32 bits per heavy atom. The highest BCUT2D eigenvalue weighted by molar-refractivity contribution is 5.89. The van der Waals surface area contributed by atoms with E-state index in [1.807, 2.05) is 76.5 Å². The van der Waals surface area contributed by atoms with Crippen LogP contribution in [0.15, 0.2) is 47.6 Å². The van der Waals surface area contributed by atoms with Crippen molar-refractivity contribution in [1.29, 1.82) is 0 Å². The lowest BCUT2D eigenvalue weighted by Crippen LogP contribution is -2.04. The van der Waals surface area contributed by atoms with Gasteiger partial charge in [-0.2, -0.15) is 0 Å². The minimum Gasteiger partial charge on any atom is -0.439 e. The second kappa shape index (κ2) is 11.1. The summed E-state index contributed by atoms with van der Waals surface area (Å²) in [5.41, 5.74) is 1.12. The standard InChI is InChI=1S/C14H18N2O.C2H6/c1-4-5-14(16-3)17-13-8-6-12(7-9-13)10-11-15-2;1-2/h4-11,15H,1-3H3;1-2H3/b5-4-,11-10+,16-14?;. The first-order chi connectivity index (χ1) is 9.30. The van der Waals surface area contributed by atoms with Crippen LogP contribution < -0.4 is 10.1 Å². The molecule has 0 aliphatic rings. The van der Waals surface area contributed by atoms with E-state index in [1.165, 1.54) is 0 Å². The number of ether oxygens (including phenoxy) is 1. The van der Waals surface area contributed by atoms with Crippen LogP contribution in [0.2, 0.25) is 0 Å². The Hall–Kier alpha value is -2.03. The van der Waals surface area contributed by atoms with Crippen LogP contribution in [-0.4, -0.2) is 20.0 Å². The van der Waals surface area contributed by atoms with Crippen molar-refractivity contribution in [2.45, 2.75) is 20.8 Å².